The highest BCUT2D eigenvalue weighted by Crippen LogP contribution is 2.42. The molecule has 0 aliphatic carbocycles. The van der Waals surface area contributed by atoms with Crippen molar-refractivity contribution in [2.45, 2.75) is 32.2 Å². The third kappa shape index (κ3) is 3.36. The Kier molecular flexibility index (Phi) is 5.26. The molecule has 1 amide bonds. The number of benzene rings is 2. The largest absolute Gasteiger partial charge is 0.396 e. The lowest BCUT2D eigenvalue weighted by molar-refractivity contribution is -0.0601. The zero-order chi connectivity index (χ0) is 19.7. The maximum Gasteiger partial charge on any atom is 0.254 e. The van der Waals surface area contributed by atoms with Crippen LogP contribution in [-0.2, 0) is 0 Å². The molecular weight excluding hydrogens is 348 g/mol. The smallest absolute Gasteiger partial charge is 0.254 e. The average molecular weight is 379 g/mol. The first-order chi connectivity index (χ1) is 13.5. The Morgan fingerprint density at radius 1 is 1.14 bits per heavy atom. The van der Waals surface area contributed by atoms with Crippen molar-refractivity contribution in [1.82, 2.24) is 9.80 Å². The summed E-state index contributed by atoms with van der Waals surface area (Å²) in [5.74, 6) is 0.0996. The van der Waals surface area contributed by atoms with Gasteiger partial charge in [0.1, 0.15) is 0 Å². The molecule has 2 heterocycles. The van der Waals surface area contributed by atoms with Crippen molar-refractivity contribution in [1.29, 1.82) is 0 Å². The molecule has 4 nitrogen and oxygen atoms in total. The van der Waals surface area contributed by atoms with Gasteiger partial charge >= 0.3 is 0 Å². The lowest BCUT2D eigenvalue weighted by atomic mass is 9.69. The number of likely N-dealkylation sites (tertiary alicyclic amines) is 2. The van der Waals surface area contributed by atoms with Crippen LogP contribution in [0.2, 0.25) is 0 Å². The number of aliphatic hydroxyl groups excluding tert-OH is 1. The van der Waals surface area contributed by atoms with Crippen LogP contribution in [0.15, 0.2) is 48.5 Å². The molecule has 2 aliphatic rings. The standard InChI is InChI=1S/C24H30N2O2/c1-18-7-5-8-19(15-18)20-9-3-4-10-21(20)23(28)26-14-12-24(17-27)11-6-13-25(2)22(24)16-26/h3-5,7-10,15,22,27H,6,11-14,16-17H2,1-2H3/t22-,24-/m1/s1. The Hall–Kier alpha value is -2.17. The minimum Gasteiger partial charge on any atom is -0.396 e. The van der Waals surface area contributed by atoms with Crippen molar-refractivity contribution in [3.8, 4) is 11.1 Å². The van der Waals surface area contributed by atoms with E-state index in [2.05, 4.69) is 37.1 Å². The summed E-state index contributed by atoms with van der Waals surface area (Å²) in [7, 11) is 2.13. The minimum atomic E-state index is -0.0557. The Morgan fingerprint density at radius 3 is 2.75 bits per heavy atom. The van der Waals surface area contributed by atoms with Crippen molar-refractivity contribution in [3.63, 3.8) is 0 Å². The van der Waals surface area contributed by atoms with Gasteiger partial charge in [-0.2, -0.15) is 0 Å². The van der Waals surface area contributed by atoms with Crippen LogP contribution in [0.25, 0.3) is 11.1 Å². The molecular formula is C24H30N2O2. The van der Waals surface area contributed by atoms with Gasteiger partial charge in [-0.25, -0.2) is 0 Å². The van der Waals surface area contributed by atoms with Gasteiger partial charge in [-0.3, -0.25) is 4.79 Å². The summed E-state index contributed by atoms with van der Waals surface area (Å²) in [4.78, 5) is 17.8. The lowest BCUT2D eigenvalue weighted by Gasteiger charge is -2.53. The summed E-state index contributed by atoms with van der Waals surface area (Å²) in [6.07, 6.45) is 3.05. The van der Waals surface area contributed by atoms with Crippen LogP contribution in [0, 0.1) is 12.3 Å². The molecule has 148 valence electrons. The van der Waals surface area contributed by atoms with Gasteiger partial charge in [-0.1, -0.05) is 48.0 Å². The van der Waals surface area contributed by atoms with E-state index >= 15 is 0 Å². The highest BCUT2D eigenvalue weighted by Gasteiger charge is 2.47. The number of aryl methyl sites for hydroxylation is 1. The van der Waals surface area contributed by atoms with Gasteiger partial charge in [-0.15, -0.1) is 0 Å². The van der Waals surface area contributed by atoms with Crippen LogP contribution in [0.3, 0.4) is 0 Å². The number of rotatable bonds is 3. The van der Waals surface area contributed by atoms with Crippen molar-refractivity contribution in [2.24, 2.45) is 5.41 Å². The van der Waals surface area contributed by atoms with E-state index in [0.717, 1.165) is 42.5 Å². The molecule has 28 heavy (non-hydrogen) atoms. The highest BCUT2D eigenvalue weighted by atomic mass is 16.3. The second-order valence-corrected chi connectivity index (χ2v) is 8.54. The number of hydrogen-bond donors (Lipinski definition) is 1. The molecule has 2 aromatic rings. The molecule has 0 radical (unpaired) electrons. The van der Waals surface area contributed by atoms with Crippen molar-refractivity contribution >= 4 is 5.91 Å². The minimum absolute atomic E-state index is 0.0557. The second kappa shape index (κ2) is 7.69. The number of aliphatic hydroxyl groups is 1. The normalized spacial score (nSPS) is 25.4. The van der Waals surface area contributed by atoms with E-state index in [1.807, 2.05) is 35.2 Å². The van der Waals surface area contributed by atoms with Crippen LogP contribution in [0.5, 0.6) is 0 Å². The van der Waals surface area contributed by atoms with E-state index in [4.69, 9.17) is 0 Å². The van der Waals surface area contributed by atoms with Crippen LogP contribution in [0.1, 0.15) is 35.2 Å². The van der Waals surface area contributed by atoms with Gasteiger partial charge in [0.05, 0.1) is 6.61 Å². The molecule has 0 bridgehead atoms. The summed E-state index contributed by atoms with van der Waals surface area (Å²) in [5, 5.41) is 10.1. The fourth-order valence-electron chi connectivity index (χ4n) is 5.11. The Morgan fingerprint density at radius 2 is 1.96 bits per heavy atom. The van der Waals surface area contributed by atoms with Gasteiger partial charge in [0, 0.05) is 30.1 Å². The van der Waals surface area contributed by atoms with Crippen LogP contribution in [-0.4, -0.2) is 60.1 Å². The predicted molar refractivity (Wildman–Crippen MR) is 112 cm³/mol. The van der Waals surface area contributed by atoms with E-state index < -0.39 is 0 Å². The SMILES string of the molecule is Cc1cccc(-c2ccccc2C(=O)N2CC[C@@]3(CO)CCCN(C)[C@@H]3C2)c1. The van der Waals surface area contributed by atoms with Crippen molar-refractivity contribution in [3.05, 3.63) is 59.7 Å². The summed E-state index contributed by atoms with van der Waals surface area (Å²) in [6, 6.07) is 16.5. The first-order valence-electron chi connectivity index (χ1n) is 10.3. The van der Waals surface area contributed by atoms with Crippen LogP contribution in [0.4, 0.5) is 0 Å². The number of carbonyl (C=O) groups excluding carboxylic acids is 1. The number of likely N-dealkylation sites (N-methyl/N-ethyl adjacent to an activating group) is 1. The Labute approximate surface area is 167 Å². The number of carbonyl (C=O) groups is 1. The molecule has 2 atom stereocenters. The molecule has 0 spiro atoms. The number of fused-ring (bicyclic) bond motifs is 1. The predicted octanol–water partition coefficient (Wildman–Crippen LogP) is 3.58. The number of amides is 1. The van der Waals surface area contributed by atoms with E-state index in [1.165, 1.54) is 5.56 Å². The van der Waals surface area contributed by atoms with E-state index in [9.17, 15) is 9.90 Å². The first kappa shape index (κ1) is 19.2. The zero-order valence-electron chi connectivity index (χ0n) is 16.9. The topological polar surface area (TPSA) is 43.8 Å². The third-order valence-electron chi connectivity index (χ3n) is 6.79. The van der Waals surface area contributed by atoms with Crippen LogP contribution < -0.4 is 0 Å². The number of hydrogen-bond acceptors (Lipinski definition) is 3. The monoisotopic (exact) mass is 378 g/mol. The lowest BCUT2D eigenvalue weighted by Crippen LogP contribution is -2.62. The van der Waals surface area contributed by atoms with Crippen LogP contribution >= 0.6 is 0 Å². The zero-order valence-corrected chi connectivity index (χ0v) is 16.9. The molecule has 2 aliphatic heterocycles. The average Bonchev–Trinajstić information content (AvgIpc) is 2.73. The summed E-state index contributed by atoms with van der Waals surface area (Å²) in [5.41, 5.74) is 3.98. The highest BCUT2D eigenvalue weighted by molar-refractivity contribution is 6.01. The molecule has 0 aromatic heterocycles. The van der Waals surface area contributed by atoms with Crippen molar-refractivity contribution < 1.29 is 9.90 Å². The Balaban J connectivity index is 1.63. The molecule has 1 N–H and O–H groups in total. The maximum atomic E-state index is 13.5. The summed E-state index contributed by atoms with van der Waals surface area (Å²) < 4.78 is 0. The number of piperidine rings is 2. The Bertz CT molecular complexity index is 865. The van der Waals surface area contributed by atoms with Gasteiger partial charge in [0.2, 0.25) is 0 Å². The molecule has 0 unspecified atom stereocenters. The van der Waals surface area contributed by atoms with Crippen molar-refractivity contribution in [2.75, 3.05) is 33.3 Å². The van der Waals surface area contributed by atoms with E-state index in [0.29, 0.717) is 13.1 Å². The quantitative estimate of drug-likeness (QED) is 0.888. The number of nitrogens with zero attached hydrogens (tertiary/aromatic N) is 2. The fourth-order valence-corrected chi connectivity index (χ4v) is 5.11. The molecule has 2 fully saturated rings. The second-order valence-electron chi connectivity index (χ2n) is 8.54. The molecule has 2 aromatic carbocycles. The first-order valence-corrected chi connectivity index (χ1v) is 10.3. The van der Waals surface area contributed by atoms with Gasteiger partial charge in [0.15, 0.2) is 0 Å². The molecule has 2 saturated heterocycles. The summed E-state index contributed by atoms with van der Waals surface area (Å²) in [6.45, 7) is 4.73. The third-order valence-corrected chi connectivity index (χ3v) is 6.79. The van der Waals surface area contributed by atoms with Gasteiger partial charge in [-0.05, 0) is 57.0 Å². The summed E-state index contributed by atoms with van der Waals surface area (Å²) >= 11 is 0. The van der Waals surface area contributed by atoms with E-state index in [1.54, 1.807) is 0 Å². The van der Waals surface area contributed by atoms with Gasteiger partial charge < -0.3 is 14.9 Å². The molecule has 4 heteroatoms. The molecule has 0 saturated carbocycles. The van der Waals surface area contributed by atoms with Gasteiger partial charge in [0.25, 0.3) is 5.91 Å². The maximum absolute atomic E-state index is 13.5. The molecule has 4 rings (SSSR count). The fraction of sp³-hybridized carbons (Fsp3) is 0.458. The van der Waals surface area contributed by atoms with E-state index in [-0.39, 0.29) is 24.0 Å².